The largest absolute Gasteiger partial charge is 0.502 e. The third-order valence-corrected chi connectivity index (χ3v) is 5.07. The van der Waals surface area contributed by atoms with Gasteiger partial charge in [-0.1, -0.05) is 102 Å². The van der Waals surface area contributed by atoms with Crippen molar-refractivity contribution in [3.8, 4) is 0 Å². The van der Waals surface area contributed by atoms with E-state index in [1.807, 2.05) is 18.2 Å². The van der Waals surface area contributed by atoms with Gasteiger partial charge in [-0.05, 0) is 30.1 Å². The van der Waals surface area contributed by atoms with Crippen molar-refractivity contribution in [3.63, 3.8) is 0 Å². The van der Waals surface area contributed by atoms with Crippen molar-refractivity contribution < 1.29 is 5.11 Å². The lowest BCUT2D eigenvalue weighted by atomic mass is 9.88. The summed E-state index contributed by atoms with van der Waals surface area (Å²) < 4.78 is 0. The number of hydrogen-bond acceptors (Lipinski definition) is 1. The zero-order valence-electron chi connectivity index (χ0n) is 15.0. The van der Waals surface area contributed by atoms with Crippen LogP contribution in [0.25, 0.3) is 0 Å². The predicted molar refractivity (Wildman–Crippen MR) is 105 cm³/mol. The topological polar surface area (TPSA) is 20.2 Å². The van der Waals surface area contributed by atoms with Gasteiger partial charge < -0.3 is 5.11 Å². The molecule has 1 rings (SSSR count). The van der Waals surface area contributed by atoms with Gasteiger partial charge in [0.1, 0.15) is 0 Å². The summed E-state index contributed by atoms with van der Waals surface area (Å²) in [5.74, 6) is 0.919. The first kappa shape index (κ1) is 20.2. The molecule has 0 aromatic heterocycles. The normalized spacial score (nSPS) is 12.5. The third kappa shape index (κ3) is 8.50. The Hall–Kier alpha value is -0.890. The summed E-state index contributed by atoms with van der Waals surface area (Å²) in [6.45, 7) is 4.56. The molecule has 1 aromatic carbocycles. The van der Waals surface area contributed by atoms with E-state index < -0.39 is 0 Å². The van der Waals surface area contributed by atoms with Crippen LogP contribution in [-0.4, -0.2) is 10.2 Å². The molecule has 23 heavy (non-hydrogen) atoms. The van der Waals surface area contributed by atoms with Crippen LogP contribution < -0.4 is 0 Å². The molecule has 0 aliphatic carbocycles. The van der Waals surface area contributed by atoms with Gasteiger partial charge in [-0.2, -0.15) is 0 Å². The molecule has 1 N–H and O–H groups in total. The molecule has 1 atom stereocenters. The van der Waals surface area contributed by atoms with Crippen LogP contribution in [-0.2, 0) is 0 Å². The molecule has 0 aliphatic rings. The number of benzene rings is 1. The Morgan fingerprint density at radius 2 is 1.39 bits per heavy atom. The van der Waals surface area contributed by atoms with Crippen LogP contribution in [0.5, 0.6) is 0 Å². The van der Waals surface area contributed by atoms with Gasteiger partial charge in [0.15, 0.2) is 5.05 Å². The monoisotopic (exact) mass is 334 g/mol. The lowest BCUT2D eigenvalue weighted by Gasteiger charge is -2.18. The number of rotatable bonds is 13. The lowest BCUT2D eigenvalue weighted by Crippen LogP contribution is -2.10. The van der Waals surface area contributed by atoms with E-state index >= 15 is 0 Å². The molecule has 1 unspecified atom stereocenters. The fourth-order valence-corrected chi connectivity index (χ4v) is 3.57. The second-order valence-electron chi connectivity index (χ2n) is 6.74. The molecule has 1 nitrogen and oxygen atoms in total. The quantitative estimate of drug-likeness (QED) is 0.304. The Labute approximate surface area is 148 Å². The Morgan fingerprint density at radius 3 is 1.91 bits per heavy atom. The van der Waals surface area contributed by atoms with E-state index in [0.29, 0.717) is 0 Å². The van der Waals surface area contributed by atoms with E-state index in [1.165, 1.54) is 51.4 Å². The van der Waals surface area contributed by atoms with Crippen molar-refractivity contribution in [1.82, 2.24) is 0 Å². The van der Waals surface area contributed by atoms with E-state index in [1.54, 1.807) is 0 Å². The van der Waals surface area contributed by atoms with Gasteiger partial charge >= 0.3 is 0 Å². The molecule has 2 heteroatoms. The molecule has 0 radical (unpaired) electrons. The van der Waals surface area contributed by atoms with Crippen molar-refractivity contribution in [3.05, 3.63) is 35.9 Å². The zero-order valence-corrected chi connectivity index (χ0v) is 15.8. The Balaban J connectivity index is 2.38. The van der Waals surface area contributed by atoms with Crippen LogP contribution in [0.3, 0.4) is 0 Å². The third-order valence-electron chi connectivity index (χ3n) is 4.79. The Morgan fingerprint density at radius 1 is 0.870 bits per heavy atom. The average molecular weight is 335 g/mol. The molecule has 0 heterocycles. The van der Waals surface area contributed by atoms with Crippen LogP contribution in [0.15, 0.2) is 30.3 Å². The van der Waals surface area contributed by atoms with Crippen LogP contribution in [0.4, 0.5) is 0 Å². The summed E-state index contributed by atoms with van der Waals surface area (Å²) in [4.78, 5) is 0. The van der Waals surface area contributed by atoms with Crippen molar-refractivity contribution in [1.29, 1.82) is 0 Å². The fourth-order valence-electron chi connectivity index (χ4n) is 3.32. The van der Waals surface area contributed by atoms with Crippen molar-refractivity contribution in [2.75, 3.05) is 0 Å². The van der Waals surface area contributed by atoms with Gasteiger partial charge in [-0.25, -0.2) is 0 Å². The molecule has 1 aromatic rings. The van der Waals surface area contributed by atoms with Crippen LogP contribution in [0.2, 0.25) is 0 Å². The fraction of sp³-hybridized carbons (Fsp3) is 0.667. The summed E-state index contributed by atoms with van der Waals surface area (Å²) in [7, 11) is 0. The van der Waals surface area contributed by atoms with E-state index in [-0.39, 0.29) is 11.0 Å². The number of aliphatic hydroxyl groups excluding tert-OH is 1. The van der Waals surface area contributed by atoms with Crippen molar-refractivity contribution >= 4 is 17.3 Å². The zero-order chi connectivity index (χ0) is 16.9. The van der Waals surface area contributed by atoms with Gasteiger partial charge in [-0.3, -0.25) is 0 Å². The number of unbranched alkanes of at least 4 members (excludes halogenated alkanes) is 3. The van der Waals surface area contributed by atoms with Crippen LogP contribution in [0, 0.1) is 5.92 Å². The number of hydrogen-bond donors (Lipinski definition) is 1. The molecule has 0 spiro atoms. The molecule has 130 valence electrons. The minimum absolute atomic E-state index is 0.0240. The smallest absolute Gasteiger partial charge is 0.164 e. The van der Waals surface area contributed by atoms with E-state index in [9.17, 15) is 5.11 Å². The highest BCUT2D eigenvalue weighted by Gasteiger charge is 2.16. The van der Waals surface area contributed by atoms with Gasteiger partial charge in [0, 0.05) is 0 Å². The number of thiocarbonyl (C=S) groups is 1. The first-order valence-electron chi connectivity index (χ1n) is 9.46. The van der Waals surface area contributed by atoms with Crippen LogP contribution in [0.1, 0.15) is 89.5 Å². The Bertz CT molecular complexity index is 407. The summed E-state index contributed by atoms with van der Waals surface area (Å²) in [5.41, 5.74) is 1.15. The average Bonchev–Trinajstić information content (AvgIpc) is 2.57. The second-order valence-corrected chi connectivity index (χ2v) is 7.15. The number of aliphatic hydroxyl groups is 1. The lowest BCUT2D eigenvalue weighted by molar-refractivity contribution is 0.376. The highest BCUT2D eigenvalue weighted by molar-refractivity contribution is 7.80. The first-order chi connectivity index (χ1) is 11.2. The van der Waals surface area contributed by atoms with Gasteiger partial charge in [0.2, 0.25) is 0 Å². The molecule has 0 saturated carbocycles. The van der Waals surface area contributed by atoms with Crippen molar-refractivity contribution in [2.45, 2.75) is 84.0 Å². The minimum atomic E-state index is 0.0240. The highest BCUT2D eigenvalue weighted by atomic mass is 32.1. The highest BCUT2D eigenvalue weighted by Crippen LogP contribution is 2.26. The molecule has 0 saturated heterocycles. The maximum atomic E-state index is 9.84. The van der Waals surface area contributed by atoms with Gasteiger partial charge in [-0.15, -0.1) is 0 Å². The molecular weight excluding hydrogens is 300 g/mol. The van der Waals surface area contributed by atoms with E-state index in [0.717, 1.165) is 24.3 Å². The van der Waals surface area contributed by atoms with E-state index in [2.05, 4.69) is 26.0 Å². The van der Waals surface area contributed by atoms with Gasteiger partial charge in [0.25, 0.3) is 0 Å². The molecule has 0 bridgehead atoms. The van der Waals surface area contributed by atoms with E-state index in [4.69, 9.17) is 12.2 Å². The van der Waals surface area contributed by atoms with Gasteiger partial charge in [0.05, 0.1) is 5.92 Å². The summed E-state index contributed by atoms with van der Waals surface area (Å²) in [6, 6.07) is 10.2. The maximum absolute atomic E-state index is 9.84. The second kappa shape index (κ2) is 12.5. The summed E-state index contributed by atoms with van der Waals surface area (Å²) in [6.07, 6.45) is 12.8. The molecule has 0 fully saturated rings. The Kier molecular flexibility index (Phi) is 11.0. The maximum Gasteiger partial charge on any atom is 0.164 e. The van der Waals surface area contributed by atoms with Crippen molar-refractivity contribution in [2.24, 2.45) is 5.92 Å². The molecule has 0 aliphatic heterocycles. The summed E-state index contributed by atoms with van der Waals surface area (Å²) in [5, 5.41) is 9.98. The molecular formula is C21H34OS. The minimum Gasteiger partial charge on any atom is -0.502 e. The predicted octanol–water partition coefficient (Wildman–Crippen LogP) is 7.21. The molecule has 0 amide bonds. The standard InChI is InChI=1S/C21H34OS/c1-3-5-12-18(13-6-4-2)14-10-11-17-20(21(22)23)19-15-8-7-9-16-19/h7-9,15-16,18,20H,3-6,10-14,17H2,1-2H3,(H,22,23). The summed E-state index contributed by atoms with van der Waals surface area (Å²) >= 11 is 5.07. The van der Waals surface area contributed by atoms with Crippen LogP contribution >= 0.6 is 12.2 Å². The SMILES string of the molecule is CCCCC(CCCC)CCCCC(C(O)=S)c1ccccc1. The first-order valence-corrected chi connectivity index (χ1v) is 9.87.